The van der Waals surface area contributed by atoms with Gasteiger partial charge in [-0.2, -0.15) is 0 Å². The summed E-state index contributed by atoms with van der Waals surface area (Å²) in [6.45, 7) is 2.08. The highest BCUT2D eigenvalue weighted by molar-refractivity contribution is 7.15. The van der Waals surface area contributed by atoms with Crippen LogP contribution in [0, 0.1) is 6.92 Å². The van der Waals surface area contributed by atoms with E-state index in [1.807, 2.05) is 35.2 Å². The summed E-state index contributed by atoms with van der Waals surface area (Å²) in [4.78, 5) is 16.5. The van der Waals surface area contributed by atoms with Gasteiger partial charge in [0.1, 0.15) is 17.9 Å². The van der Waals surface area contributed by atoms with Crippen molar-refractivity contribution >= 4 is 22.3 Å². The molecule has 0 radical (unpaired) electrons. The lowest BCUT2D eigenvalue weighted by Crippen LogP contribution is -2.05. The molecule has 6 heteroatoms. The van der Waals surface area contributed by atoms with Gasteiger partial charge in [0.25, 0.3) is 0 Å². The van der Waals surface area contributed by atoms with E-state index in [4.69, 9.17) is 4.74 Å². The summed E-state index contributed by atoms with van der Waals surface area (Å²) in [5, 5.41) is 11.1. The molecule has 2 heterocycles. The minimum absolute atomic E-state index is 0.172. The molecule has 3 rings (SSSR count). The fraction of sp³-hybridized carbons (Fsp3) is 0.143. The normalized spacial score (nSPS) is 10.8. The number of carbonyl (C=O) groups is 1. The number of aromatic nitrogens is 2. The Balaban J connectivity index is 1.84. The fourth-order valence-corrected chi connectivity index (χ4v) is 2.72. The molecule has 0 aliphatic heterocycles. The van der Waals surface area contributed by atoms with Crippen LogP contribution in [-0.2, 0) is 6.61 Å². The molecule has 0 spiro atoms. The third-order valence-corrected chi connectivity index (χ3v) is 3.72. The van der Waals surface area contributed by atoms with Crippen LogP contribution in [-0.4, -0.2) is 20.5 Å². The zero-order valence-electron chi connectivity index (χ0n) is 10.7. The molecule has 0 bridgehead atoms. The molecule has 3 aromatic rings. The Labute approximate surface area is 119 Å². The number of carboxylic acids is 1. The Hall–Kier alpha value is -2.34. The van der Waals surface area contributed by atoms with E-state index < -0.39 is 5.97 Å². The molecule has 1 N–H and O–H groups in total. The maximum absolute atomic E-state index is 11.2. The van der Waals surface area contributed by atoms with Crippen molar-refractivity contribution in [2.45, 2.75) is 13.5 Å². The van der Waals surface area contributed by atoms with E-state index in [1.54, 1.807) is 17.4 Å². The maximum atomic E-state index is 11.2. The van der Waals surface area contributed by atoms with E-state index in [0.29, 0.717) is 5.75 Å². The summed E-state index contributed by atoms with van der Waals surface area (Å²) in [6, 6.07) is 5.07. The second-order valence-electron chi connectivity index (χ2n) is 4.37. The maximum Gasteiger partial charge on any atom is 0.339 e. The van der Waals surface area contributed by atoms with Crippen LogP contribution in [0.4, 0.5) is 0 Å². The molecule has 0 atom stereocenters. The number of nitrogens with zero attached hydrogens (tertiary/aromatic N) is 2. The summed E-state index contributed by atoms with van der Waals surface area (Å²) in [6.07, 6.45) is 3.80. The average molecular weight is 288 g/mol. The van der Waals surface area contributed by atoms with E-state index in [1.165, 1.54) is 6.07 Å². The SMILES string of the molecule is Cc1cccc(C(=O)O)c1OCc1cn2ccsc2n1. The second kappa shape index (κ2) is 4.97. The van der Waals surface area contributed by atoms with E-state index in [-0.39, 0.29) is 12.2 Å². The number of thiazole rings is 1. The van der Waals surface area contributed by atoms with Crippen LogP contribution in [0.5, 0.6) is 5.75 Å². The Kier molecular flexibility index (Phi) is 3.15. The highest BCUT2D eigenvalue weighted by Crippen LogP contribution is 2.24. The van der Waals surface area contributed by atoms with Crippen molar-refractivity contribution in [1.29, 1.82) is 0 Å². The Morgan fingerprint density at radius 3 is 3.10 bits per heavy atom. The number of carboxylic acid groups (broad SMARTS) is 1. The van der Waals surface area contributed by atoms with Gasteiger partial charge in [0.2, 0.25) is 0 Å². The lowest BCUT2D eigenvalue weighted by molar-refractivity contribution is 0.0691. The molecular weight excluding hydrogens is 276 g/mol. The van der Waals surface area contributed by atoms with Gasteiger partial charge in [0.05, 0.1) is 5.69 Å². The number of aryl methyl sites for hydroxylation is 1. The Morgan fingerprint density at radius 2 is 2.35 bits per heavy atom. The third-order valence-electron chi connectivity index (χ3n) is 2.95. The van der Waals surface area contributed by atoms with Gasteiger partial charge in [0, 0.05) is 17.8 Å². The van der Waals surface area contributed by atoms with Crippen molar-refractivity contribution < 1.29 is 14.6 Å². The number of rotatable bonds is 4. The van der Waals surface area contributed by atoms with Crippen molar-refractivity contribution in [2.75, 3.05) is 0 Å². The van der Waals surface area contributed by atoms with Gasteiger partial charge < -0.3 is 9.84 Å². The van der Waals surface area contributed by atoms with Gasteiger partial charge in [-0.3, -0.25) is 4.40 Å². The summed E-state index contributed by atoms with van der Waals surface area (Å²) in [5.74, 6) is -0.592. The second-order valence-corrected chi connectivity index (χ2v) is 5.24. The minimum Gasteiger partial charge on any atom is -0.486 e. The average Bonchev–Trinajstić information content (AvgIpc) is 2.97. The molecule has 20 heavy (non-hydrogen) atoms. The van der Waals surface area contributed by atoms with Crippen molar-refractivity contribution in [3.8, 4) is 5.75 Å². The first-order valence-corrected chi connectivity index (χ1v) is 6.90. The van der Waals surface area contributed by atoms with Crippen LogP contribution < -0.4 is 4.74 Å². The highest BCUT2D eigenvalue weighted by atomic mass is 32.1. The largest absolute Gasteiger partial charge is 0.486 e. The van der Waals surface area contributed by atoms with Crippen LogP contribution in [0.3, 0.4) is 0 Å². The topological polar surface area (TPSA) is 63.8 Å². The molecule has 0 amide bonds. The fourth-order valence-electron chi connectivity index (χ4n) is 2.00. The number of para-hydroxylation sites is 1. The van der Waals surface area contributed by atoms with Crippen molar-refractivity contribution in [3.05, 3.63) is 52.8 Å². The molecular formula is C14H12N2O3S. The van der Waals surface area contributed by atoms with Gasteiger partial charge in [0.15, 0.2) is 4.96 Å². The Bertz CT molecular complexity index is 747. The number of fused-ring (bicyclic) bond motifs is 1. The first kappa shape index (κ1) is 12.7. The minimum atomic E-state index is -0.991. The van der Waals surface area contributed by atoms with Crippen LogP contribution in [0.25, 0.3) is 4.96 Å². The standard InChI is InChI=1S/C14H12N2O3S/c1-9-3-2-4-11(13(17)18)12(9)19-8-10-7-16-5-6-20-14(16)15-10/h2-7H,8H2,1H3,(H,17,18). The van der Waals surface area contributed by atoms with Gasteiger partial charge in [-0.05, 0) is 18.6 Å². The van der Waals surface area contributed by atoms with Crippen LogP contribution in [0.1, 0.15) is 21.6 Å². The van der Waals surface area contributed by atoms with Gasteiger partial charge >= 0.3 is 5.97 Å². The van der Waals surface area contributed by atoms with Gasteiger partial charge in [-0.25, -0.2) is 9.78 Å². The molecule has 0 fully saturated rings. The monoisotopic (exact) mass is 288 g/mol. The number of hydrogen-bond acceptors (Lipinski definition) is 4. The van der Waals surface area contributed by atoms with E-state index >= 15 is 0 Å². The molecule has 2 aromatic heterocycles. The third kappa shape index (κ3) is 2.25. The first-order chi connectivity index (χ1) is 9.65. The number of aromatic carboxylic acids is 1. The van der Waals surface area contributed by atoms with Gasteiger partial charge in [-0.15, -0.1) is 11.3 Å². The van der Waals surface area contributed by atoms with Crippen molar-refractivity contribution in [1.82, 2.24) is 9.38 Å². The molecule has 1 aromatic carbocycles. The molecule has 0 unspecified atom stereocenters. The molecule has 0 saturated carbocycles. The van der Waals surface area contributed by atoms with E-state index in [9.17, 15) is 9.90 Å². The smallest absolute Gasteiger partial charge is 0.339 e. The van der Waals surface area contributed by atoms with Crippen LogP contribution >= 0.6 is 11.3 Å². The highest BCUT2D eigenvalue weighted by Gasteiger charge is 2.14. The zero-order chi connectivity index (χ0) is 14.1. The summed E-state index contributed by atoms with van der Waals surface area (Å²) in [7, 11) is 0. The number of imidazole rings is 1. The summed E-state index contributed by atoms with van der Waals surface area (Å²) < 4.78 is 7.58. The quantitative estimate of drug-likeness (QED) is 0.801. The summed E-state index contributed by atoms with van der Waals surface area (Å²) in [5.41, 5.74) is 1.74. The molecule has 0 aliphatic carbocycles. The molecule has 0 saturated heterocycles. The predicted molar refractivity (Wildman–Crippen MR) is 75.5 cm³/mol. The predicted octanol–water partition coefficient (Wildman–Crippen LogP) is 2.98. The van der Waals surface area contributed by atoms with Crippen molar-refractivity contribution in [2.24, 2.45) is 0 Å². The lowest BCUT2D eigenvalue weighted by atomic mass is 10.1. The van der Waals surface area contributed by atoms with E-state index in [2.05, 4.69) is 4.98 Å². The van der Waals surface area contributed by atoms with E-state index in [0.717, 1.165) is 16.2 Å². The number of hydrogen-bond donors (Lipinski definition) is 1. The Morgan fingerprint density at radius 1 is 1.50 bits per heavy atom. The molecule has 0 aliphatic rings. The van der Waals surface area contributed by atoms with Gasteiger partial charge in [-0.1, -0.05) is 12.1 Å². The molecule has 5 nitrogen and oxygen atoms in total. The first-order valence-electron chi connectivity index (χ1n) is 6.02. The summed E-state index contributed by atoms with van der Waals surface area (Å²) >= 11 is 1.54. The van der Waals surface area contributed by atoms with Crippen molar-refractivity contribution in [3.63, 3.8) is 0 Å². The molecule has 102 valence electrons. The number of benzene rings is 1. The van der Waals surface area contributed by atoms with Crippen LogP contribution in [0.15, 0.2) is 36.0 Å². The lowest BCUT2D eigenvalue weighted by Gasteiger charge is -2.10. The number of ether oxygens (including phenoxy) is 1. The van der Waals surface area contributed by atoms with Crippen LogP contribution in [0.2, 0.25) is 0 Å². The zero-order valence-corrected chi connectivity index (χ0v) is 11.6.